The fourth-order valence-electron chi connectivity index (χ4n) is 2.86. The number of hydrogen-bond acceptors (Lipinski definition) is 4. The zero-order chi connectivity index (χ0) is 18.7. The molecule has 3 rings (SSSR count). The Balaban J connectivity index is 1.68. The number of benzene rings is 2. The summed E-state index contributed by atoms with van der Waals surface area (Å²) >= 11 is 3.07. The standard InChI is InChI=1S/C21H22N2OS2/c1-13-10-14(2)19(15(3)11-13)23-20(24)16(4)26-21-22-18(12-25-21)17-8-6-5-7-9-17/h5-12,16H,1-4H3,(H,23,24)/t16-/m1/s1. The summed E-state index contributed by atoms with van der Waals surface area (Å²) in [6, 6.07) is 14.3. The van der Waals surface area contributed by atoms with E-state index < -0.39 is 0 Å². The minimum Gasteiger partial charge on any atom is -0.325 e. The van der Waals surface area contributed by atoms with Gasteiger partial charge in [-0.3, -0.25) is 4.79 Å². The molecule has 3 nitrogen and oxygen atoms in total. The molecule has 1 aromatic heterocycles. The first-order valence-corrected chi connectivity index (χ1v) is 10.3. The van der Waals surface area contributed by atoms with Crippen LogP contribution in [0.3, 0.4) is 0 Å². The minimum absolute atomic E-state index is 0.00140. The van der Waals surface area contributed by atoms with Crippen LogP contribution in [-0.4, -0.2) is 16.1 Å². The Hall–Kier alpha value is -2.11. The van der Waals surface area contributed by atoms with Gasteiger partial charge in [-0.2, -0.15) is 0 Å². The van der Waals surface area contributed by atoms with Gasteiger partial charge in [0.05, 0.1) is 10.9 Å². The van der Waals surface area contributed by atoms with Crippen molar-refractivity contribution in [3.63, 3.8) is 0 Å². The van der Waals surface area contributed by atoms with E-state index in [0.717, 1.165) is 32.4 Å². The normalized spacial score (nSPS) is 12.0. The van der Waals surface area contributed by atoms with Crippen LogP contribution in [0.2, 0.25) is 0 Å². The summed E-state index contributed by atoms with van der Waals surface area (Å²) in [5, 5.41) is 4.90. The summed E-state index contributed by atoms with van der Waals surface area (Å²) in [5.41, 5.74) is 6.35. The van der Waals surface area contributed by atoms with Gasteiger partial charge in [-0.15, -0.1) is 11.3 Å². The van der Waals surface area contributed by atoms with Crippen molar-refractivity contribution in [1.82, 2.24) is 4.98 Å². The zero-order valence-corrected chi connectivity index (χ0v) is 17.0. The number of thiazole rings is 1. The second-order valence-corrected chi connectivity index (χ2v) is 8.83. The van der Waals surface area contributed by atoms with Crippen LogP contribution in [0.5, 0.6) is 0 Å². The monoisotopic (exact) mass is 382 g/mol. The van der Waals surface area contributed by atoms with Crippen molar-refractivity contribution >= 4 is 34.7 Å². The van der Waals surface area contributed by atoms with Gasteiger partial charge < -0.3 is 5.32 Å². The highest BCUT2D eigenvalue weighted by Gasteiger charge is 2.18. The highest BCUT2D eigenvalue weighted by molar-refractivity contribution is 8.02. The lowest BCUT2D eigenvalue weighted by Crippen LogP contribution is -2.23. The summed E-state index contributed by atoms with van der Waals surface area (Å²) in [5.74, 6) is 0.00140. The fraction of sp³-hybridized carbons (Fsp3) is 0.238. The molecule has 0 radical (unpaired) electrons. The highest BCUT2D eigenvalue weighted by atomic mass is 32.2. The van der Waals surface area contributed by atoms with E-state index in [1.165, 1.54) is 17.3 Å². The van der Waals surface area contributed by atoms with Crippen molar-refractivity contribution in [3.8, 4) is 11.3 Å². The average Bonchev–Trinajstić information content (AvgIpc) is 3.07. The molecular formula is C21H22N2OS2. The minimum atomic E-state index is -0.218. The van der Waals surface area contributed by atoms with Crippen LogP contribution in [0.15, 0.2) is 52.2 Å². The molecule has 1 N–H and O–H groups in total. The zero-order valence-electron chi connectivity index (χ0n) is 15.4. The molecule has 0 aliphatic rings. The SMILES string of the molecule is Cc1cc(C)c(NC(=O)[C@@H](C)Sc2nc(-c3ccccc3)cs2)c(C)c1. The van der Waals surface area contributed by atoms with E-state index in [4.69, 9.17) is 0 Å². The molecule has 0 saturated heterocycles. The van der Waals surface area contributed by atoms with Crippen molar-refractivity contribution in [2.75, 3.05) is 5.32 Å². The molecule has 1 amide bonds. The van der Waals surface area contributed by atoms with Crippen LogP contribution in [0.1, 0.15) is 23.6 Å². The molecule has 1 heterocycles. The Morgan fingerprint density at radius 2 is 1.77 bits per heavy atom. The Kier molecular flexibility index (Phi) is 5.79. The van der Waals surface area contributed by atoms with Crippen molar-refractivity contribution in [3.05, 3.63) is 64.5 Å². The number of amides is 1. The third-order valence-electron chi connectivity index (χ3n) is 4.12. The van der Waals surface area contributed by atoms with Crippen molar-refractivity contribution in [2.45, 2.75) is 37.3 Å². The van der Waals surface area contributed by atoms with Crippen LogP contribution in [0, 0.1) is 20.8 Å². The number of nitrogens with zero attached hydrogens (tertiary/aromatic N) is 1. The largest absolute Gasteiger partial charge is 0.325 e. The predicted molar refractivity (Wildman–Crippen MR) is 112 cm³/mol. The molecule has 0 saturated carbocycles. The second-order valence-electron chi connectivity index (χ2n) is 6.39. The van der Waals surface area contributed by atoms with Gasteiger partial charge >= 0.3 is 0 Å². The number of rotatable bonds is 5. The van der Waals surface area contributed by atoms with Crippen LogP contribution in [0.25, 0.3) is 11.3 Å². The lowest BCUT2D eigenvalue weighted by molar-refractivity contribution is -0.115. The van der Waals surface area contributed by atoms with Gasteiger partial charge in [0.15, 0.2) is 4.34 Å². The lowest BCUT2D eigenvalue weighted by atomic mass is 10.1. The van der Waals surface area contributed by atoms with Gasteiger partial charge in [0, 0.05) is 16.6 Å². The topological polar surface area (TPSA) is 42.0 Å². The molecule has 0 spiro atoms. The lowest BCUT2D eigenvalue weighted by Gasteiger charge is -2.15. The van der Waals surface area contributed by atoms with Crippen LogP contribution >= 0.6 is 23.1 Å². The average molecular weight is 383 g/mol. The summed E-state index contributed by atoms with van der Waals surface area (Å²) in [6.45, 7) is 8.04. The smallest absolute Gasteiger partial charge is 0.237 e. The van der Waals surface area contributed by atoms with Crippen molar-refractivity contribution in [1.29, 1.82) is 0 Å². The third kappa shape index (κ3) is 4.34. The number of carbonyl (C=O) groups excluding carboxylic acids is 1. The van der Waals surface area contributed by atoms with Gasteiger partial charge in [0.25, 0.3) is 0 Å². The number of aromatic nitrogens is 1. The number of aryl methyl sites for hydroxylation is 3. The van der Waals surface area contributed by atoms with Crippen molar-refractivity contribution < 1.29 is 4.79 Å². The molecule has 0 fully saturated rings. The van der Waals surface area contributed by atoms with Gasteiger partial charge in [-0.05, 0) is 38.8 Å². The maximum absolute atomic E-state index is 12.6. The summed E-state index contributed by atoms with van der Waals surface area (Å²) < 4.78 is 0.906. The summed E-state index contributed by atoms with van der Waals surface area (Å²) in [6.07, 6.45) is 0. The number of thioether (sulfide) groups is 1. The first-order valence-electron chi connectivity index (χ1n) is 8.50. The van der Waals surface area contributed by atoms with Crippen LogP contribution in [0.4, 0.5) is 5.69 Å². The number of carbonyl (C=O) groups is 1. The molecule has 0 aliphatic carbocycles. The molecule has 134 valence electrons. The van der Waals surface area contributed by atoms with E-state index in [9.17, 15) is 4.79 Å². The van der Waals surface area contributed by atoms with Gasteiger partial charge in [0.1, 0.15) is 0 Å². The first-order chi connectivity index (χ1) is 12.4. The highest BCUT2D eigenvalue weighted by Crippen LogP contribution is 2.31. The van der Waals surface area contributed by atoms with E-state index in [1.807, 2.05) is 56.5 Å². The van der Waals surface area contributed by atoms with E-state index >= 15 is 0 Å². The van der Waals surface area contributed by atoms with Gasteiger partial charge in [-0.25, -0.2) is 4.98 Å². The number of nitrogens with one attached hydrogen (secondary N) is 1. The Labute approximate surface area is 162 Å². The van der Waals surface area contributed by atoms with Crippen molar-refractivity contribution in [2.24, 2.45) is 0 Å². The predicted octanol–water partition coefficient (Wildman–Crippen LogP) is 5.85. The van der Waals surface area contributed by atoms with E-state index in [2.05, 4.69) is 29.4 Å². The summed E-state index contributed by atoms with van der Waals surface area (Å²) in [7, 11) is 0. The quantitative estimate of drug-likeness (QED) is 0.562. The third-order valence-corrected chi connectivity index (χ3v) is 6.20. The Morgan fingerprint density at radius 1 is 1.12 bits per heavy atom. The van der Waals surface area contributed by atoms with Gasteiger partial charge in [-0.1, -0.05) is 59.8 Å². The molecule has 5 heteroatoms. The second kappa shape index (κ2) is 8.06. The Bertz CT molecular complexity index is 896. The molecule has 26 heavy (non-hydrogen) atoms. The van der Waals surface area contributed by atoms with Crippen LogP contribution < -0.4 is 5.32 Å². The van der Waals surface area contributed by atoms with E-state index in [-0.39, 0.29) is 11.2 Å². The molecule has 3 aromatic rings. The van der Waals surface area contributed by atoms with Crippen LogP contribution in [-0.2, 0) is 4.79 Å². The molecule has 0 aliphatic heterocycles. The summed E-state index contributed by atoms with van der Waals surface area (Å²) in [4.78, 5) is 17.3. The molecule has 1 atom stereocenters. The van der Waals surface area contributed by atoms with E-state index in [0.29, 0.717) is 0 Å². The van der Waals surface area contributed by atoms with Gasteiger partial charge in [0.2, 0.25) is 5.91 Å². The molecule has 0 bridgehead atoms. The molecule has 2 aromatic carbocycles. The molecule has 0 unspecified atom stereocenters. The molecular weight excluding hydrogens is 360 g/mol. The number of hydrogen-bond donors (Lipinski definition) is 1. The Morgan fingerprint density at radius 3 is 2.42 bits per heavy atom. The first kappa shape index (κ1) is 18.7. The fourth-order valence-corrected chi connectivity index (χ4v) is 4.83. The maximum atomic E-state index is 12.6. The number of anilines is 1. The maximum Gasteiger partial charge on any atom is 0.237 e. The van der Waals surface area contributed by atoms with E-state index in [1.54, 1.807) is 11.3 Å².